The first-order valence-corrected chi connectivity index (χ1v) is 6.27. The zero-order valence-corrected chi connectivity index (χ0v) is 12.3. The van der Waals surface area contributed by atoms with E-state index in [1.807, 2.05) is 0 Å². The smallest absolute Gasteiger partial charge is 0.870 e. The molecule has 1 aliphatic rings. The topological polar surface area (TPSA) is 110 Å². The molecule has 4 N–H and O–H groups in total. The monoisotopic (exact) mass is 249 g/mol. The predicted octanol–water partition coefficient (Wildman–Crippen LogP) is -2.00. The second-order valence-electron chi connectivity index (χ2n) is 3.27. The molecule has 0 unspecified atom stereocenters. The SMILES string of the molecule is CCS(=O)(=O)O.NC1CCCCC1.[Na+].[OH-]. The molecule has 0 aromatic rings. The molecule has 0 atom stereocenters. The van der Waals surface area contributed by atoms with Crippen LogP contribution in [-0.2, 0) is 10.1 Å². The first-order chi connectivity index (χ1) is 5.95. The Bertz CT molecular complexity index is 215. The Labute approximate surface area is 114 Å². The van der Waals surface area contributed by atoms with E-state index >= 15 is 0 Å². The van der Waals surface area contributed by atoms with Crippen molar-refractivity contribution in [3.63, 3.8) is 0 Å². The summed E-state index contributed by atoms with van der Waals surface area (Å²) in [6.45, 7) is 1.37. The summed E-state index contributed by atoms with van der Waals surface area (Å²) < 4.78 is 26.9. The molecular formula is C8H20NNaO4S. The number of hydrogen-bond acceptors (Lipinski definition) is 4. The van der Waals surface area contributed by atoms with Gasteiger partial charge in [0.1, 0.15) is 0 Å². The second-order valence-corrected chi connectivity index (χ2v) is 5.01. The molecule has 1 aliphatic carbocycles. The van der Waals surface area contributed by atoms with Gasteiger partial charge >= 0.3 is 29.6 Å². The van der Waals surface area contributed by atoms with E-state index in [1.165, 1.54) is 39.0 Å². The van der Waals surface area contributed by atoms with Gasteiger partial charge in [0.2, 0.25) is 0 Å². The average molecular weight is 249 g/mol. The second kappa shape index (κ2) is 11.3. The molecule has 15 heavy (non-hydrogen) atoms. The van der Waals surface area contributed by atoms with Crippen LogP contribution >= 0.6 is 0 Å². The van der Waals surface area contributed by atoms with Crippen molar-refractivity contribution < 1.29 is 48.0 Å². The van der Waals surface area contributed by atoms with Gasteiger partial charge in [-0.05, 0) is 19.8 Å². The van der Waals surface area contributed by atoms with Crippen molar-refractivity contribution in [2.75, 3.05) is 5.75 Å². The standard InChI is InChI=1S/C6H13N.C2H6O3S.Na.H2O/c7-6-4-2-1-3-5-6;1-2-6(3,4)5;;/h6H,1-5,7H2;2H2,1H3,(H,3,4,5);;1H2/q;;+1;/p-1. The molecule has 0 radical (unpaired) electrons. The zero-order chi connectivity index (χ0) is 10.3. The molecule has 0 spiro atoms. The molecule has 0 aromatic carbocycles. The number of nitrogens with two attached hydrogens (primary N) is 1. The van der Waals surface area contributed by atoms with Crippen molar-refractivity contribution in [3.8, 4) is 0 Å². The zero-order valence-electron chi connectivity index (χ0n) is 9.52. The van der Waals surface area contributed by atoms with Crippen LogP contribution in [0.4, 0.5) is 0 Å². The Hall–Kier alpha value is 0.830. The maximum Gasteiger partial charge on any atom is 1.00 e. The third-order valence-electron chi connectivity index (χ3n) is 2.01. The molecule has 1 fully saturated rings. The molecule has 0 heterocycles. The molecule has 88 valence electrons. The van der Waals surface area contributed by atoms with Crippen LogP contribution in [0.5, 0.6) is 0 Å². The normalized spacial score (nSPS) is 16.5. The van der Waals surface area contributed by atoms with Gasteiger partial charge in [-0.3, -0.25) is 4.55 Å². The molecule has 0 aromatic heterocycles. The van der Waals surface area contributed by atoms with Crippen molar-refractivity contribution in [1.29, 1.82) is 0 Å². The van der Waals surface area contributed by atoms with E-state index in [1.54, 1.807) is 0 Å². The third kappa shape index (κ3) is 17.4. The quantitative estimate of drug-likeness (QED) is 0.412. The van der Waals surface area contributed by atoms with Gasteiger partial charge in [0.25, 0.3) is 10.1 Å². The van der Waals surface area contributed by atoms with E-state index in [9.17, 15) is 8.42 Å². The van der Waals surface area contributed by atoms with E-state index in [0.717, 1.165) is 0 Å². The van der Waals surface area contributed by atoms with Crippen LogP contribution < -0.4 is 35.3 Å². The third-order valence-corrected chi connectivity index (χ3v) is 2.74. The molecule has 0 amide bonds. The minimum Gasteiger partial charge on any atom is -0.870 e. The maximum absolute atomic E-state index is 9.56. The summed E-state index contributed by atoms with van der Waals surface area (Å²) >= 11 is 0. The summed E-state index contributed by atoms with van der Waals surface area (Å²) in [6, 6.07) is 0.536. The van der Waals surface area contributed by atoms with Crippen molar-refractivity contribution in [2.45, 2.75) is 45.1 Å². The van der Waals surface area contributed by atoms with Crippen LogP contribution in [-0.4, -0.2) is 30.2 Å². The van der Waals surface area contributed by atoms with E-state index in [2.05, 4.69) is 0 Å². The summed E-state index contributed by atoms with van der Waals surface area (Å²) in [5, 5.41) is 0. The minimum absolute atomic E-state index is 0. The van der Waals surface area contributed by atoms with Crippen LogP contribution in [0.1, 0.15) is 39.0 Å². The first-order valence-electron chi connectivity index (χ1n) is 4.66. The Morgan fingerprint density at radius 3 is 1.73 bits per heavy atom. The Morgan fingerprint density at radius 2 is 1.60 bits per heavy atom. The molecule has 1 saturated carbocycles. The molecule has 5 nitrogen and oxygen atoms in total. The fraction of sp³-hybridized carbons (Fsp3) is 1.00. The fourth-order valence-corrected chi connectivity index (χ4v) is 1.13. The van der Waals surface area contributed by atoms with Crippen LogP contribution in [0, 0.1) is 0 Å². The van der Waals surface area contributed by atoms with Gasteiger partial charge in [0.15, 0.2) is 0 Å². The van der Waals surface area contributed by atoms with E-state index in [4.69, 9.17) is 10.3 Å². The van der Waals surface area contributed by atoms with Gasteiger partial charge in [-0.15, -0.1) is 0 Å². The Morgan fingerprint density at radius 1 is 1.27 bits per heavy atom. The fourth-order valence-electron chi connectivity index (χ4n) is 1.13. The molecule has 0 bridgehead atoms. The van der Waals surface area contributed by atoms with Crippen molar-refractivity contribution in [3.05, 3.63) is 0 Å². The minimum atomic E-state index is -3.66. The van der Waals surface area contributed by atoms with Gasteiger partial charge in [-0.2, -0.15) is 8.42 Å². The summed E-state index contributed by atoms with van der Waals surface area (Å²) in [5.41, 5.74) is 5.63. The van der Waals surface area contributed by atoms with Crippen molar-refractivity contribution >= 4 is 10.1 Å². The summed E-state index contributed by atoms with van der Waals surface area (Å²) in [6.07, 6.45) is 6.66. The summed E-state index contributed by atoms with van der Waals surface area (Å²) in [5.74, 6) is -0.201. The average Bonchev–Trinajstić information content (AvgIpc) is 2.06. The van der Waals surface area contributed by atoms with Gasteiger partial charge in [0, 0.05) is 6.04 Å². The van der Waals surface area contributed by atoms with E-state index in [-0.39, 0.29) is 40.8 Å². The maximum atomic E-state index is 9.56. The molecule has 1 rings (SSSR count). The van der Waals surface area contributed by atoms with Crippen LogP contribution in [0.2, 0.25) is 0 Å². The van der Waals surface area contributed by atoms with Gasteiger partial charge in [-0.25, -0.2) is 0 Å². The molecule has 0 saturated heterocycles. The molecule has 0 aliphatic heterocycles. The molecule has 7 heteroatoms. The van der Waals surface area contributed by atoms with Crippen LogP contribution in [0.25, 0.3) is 0 Å². The summed E-state index contributed by atoms with van der Waals surface area (Å²) in [4.78, 5) is 0. The van der Waals surface area contributed by atoms with E-state index < -0.39 is 10.1 Å². The van der Waals surface area contributed by atoms with Crippen molar-refractivity contribution in [1.82, 2.24) is 0 Å². The van der Waals surface area contributed by atoms with Crippen LogP contribution in [0.15, 0.2) is 0 Å². The Balaban J connectivity index is -0.000000172. The van der Waals surface area contributed by atoms with Gasteiger partial charge in [-0.1, -0.05) is 19.3 Å². The molecular weight excluding hydrogens is 229 g/mol. The predicted molar refractivity (Wildman–Crippen MR) is 55.1 cm³/mol. The van der Waals surface area contributed by atoms with Gasteiger partial charge in [0.05, 0.1) is 5.75 Å². The number of rotatable bonds is 1. The van der Waals surface area contributed by atoms with E-state index in [0.29, 0.717) is 6.04 Å². The Kier molecular flexibility index (Phi) is 16.0. The largest absolute Gasteiger partial charge is 1.00 e. The summed E-state index contributed by atoms with van der Waals surface area (Å²) in [7, 11) is -3.66. The number of hydrogen-bond donors (Lipinski definition) is 2. The van der Waals surface area contributed by atoms with Gasteiger partial charge < -0.3 is 11.2 Å². The van der Waals surface area contributed by atoms with Crippen molar-refractivity contribution in [2.24, 2.45) is 5.73 Å². The van der Waals surface area contributed by atoms with Crippen LogP contribution in [0.3, 0.4) is 0 Å². The first kappa shape index (κ1) is 21.1.